The molecule has 7 N–H and O–H groups in total. The number of nitrogens with zero attached hydrogens (tertiary/aromatic N) is 1. The Morgan fingerprint density at radius 2 is 1.26 bits per heavy atom. The number of hydrogen-bond acceptors (Lipinski definition) is 6. The molecule has 0 aliphatic carbocycles. The first-order chi connectivity index (χ1) is 16.3. The van der Waals surface area contributed by atoms with Crippen LogP contribution in [-0.2, 0) is 25.6 Å². The summed E-state index contributed by atoms with van der Waals surface area (Å²) in [5, 5.41) is 17.5. The van der Waals surface area contributed by atoms with Crippen molar-refractivity contribution in [2.45, 2.75) is 91.4 Å². The summed E-state index contributed by atoms with van der Waals surface area (Å²) in [5.74, 6) is -2.50. The van der Waals surface area contributed by atoms with Crippen molar-refractivity contribution in [2.24, 2.45) is 23.5 Å². The Bertz CT molecular complexity index is 824. The molecule has 1 heterocycles. The number of hydrogen-bond donors (Lipinski definition) is 6. The standard InChI is InChI=1S/C24H42N6O5/c1-13(2)7-18(28-21(31)17(25)10-16-11-26-12-27-16)22(32)29-19(8-14(3)4)23(33)30-20(24(34)35)9-15(5)6/h11-15,17-20H,7-10,25H2,1-6H3,(H,26,27)(H,28,31)(H,29,32)(H,30,33)(H,34,35). The number of carboxylic acids is 1. The summed E-state index contributed by atoms with van der Waals surface area (Å²) in [5.41, 5.74) is 6.71. The average Bonchev–Trinajstić information content (AvgIpc) is 3.23. The zero-order chi connectivity index (χ0) is 26.7. The van der Waals surface area contributed by atoms with E-state index in [1.54, 1.807) is 6.20 Å². The molecule has 0 aliphatic rings. The lowest BCUT2D eigenvalue weighted by molar-refractivity contribution is -0.143. The van der Waals surface area contributed by atoms with E-state index in [4.69, 9.17) is 5.73 Å². The second-order valence-corrected chi connectivity index (χ2v) is 10.3. The summed E-state index contributed by atoms with van der Waals surface area (Å²) in [6.07, 6.45) is 4.22. The van der Waals surface area contributed by atoms with Gasteiger partial charge in [-0.25, -0.2) is 9.78 Å². The van der Waals surface area contributed by atoms with Gasteiger partial charge < -0.3 is 31.8 Å². The van der Waals surface area contributed by atoms with Gasteiger partial charge in [-0.1, -0.05) is 41.5 Å². The third-order valence-corrected chi connectivity index (χ3v) is 5.33. The minimum atomic E-state index is -1.13. The Morgan fingerprint density at radius 1 is 0.829 bits per heavy atom. The number of aromatic amines is 1. The zero-order valence-corrected chi connectivity index (χ0v) is 21.6. The molecule has 3 amide bonds. The van der Waals surface area contributed by atoms with Crippen molar-refractivity contribution in [3.8, 4) is 0 Å². The first-order valence-corrected chi connectivity index (χ1v) is 12.2. The molecular weight excluding hydrogens is 452 g/mol. The van der Waals surface area contributed by atoms with Gasteiger partial charge in [-0.2, -0.15) is 0 Å². The van der Waals surface area contributed by atoms with Crippen molar-refractivity contribution < 1.29 is 24.3 Å². The molecular formula is C24H42N6O5. The van der Waals surface area contributed by atoms with Gasteiger partial charge in [-0.3, -0.25) is 14.4 Å². The summed E-state index contributed by atoms with van der Waals surface area (Å²) in [4.78, 5) is 57.2. The molecule has 1 aromatic rings. The monoisotopic (exact) mass is 494 g/mol. The third kappa shape index (κ3) is 11.3. The number of carbonyl (C=O) groups is 4. The second kappa shape index (κ2) is 14.4. The van der Waals surface area contributed by atoms with E-state index >= 15 is 0 Å². The number of carbonyl (C=O) groups excluding carboxylic acids is 3. The van der Waals surface area contributed by atoms with Gasteiger partial charge in [0.05, 0.1) is 12.4 Å². The number of amides is 3. The fourth-order valence-corrected chi connectivity index (χ4v) is 3.65. The van der Waals surface area contributed by atoms with Crippen LogP contribution in [0.25, 0.3) is 0 Å². The minimum Gasteiger partial charge on any atom is -0.480 e. The number of nitrogens with two attached hydrogens (primary N) is 1. The van der Waals surface area contributed by atoms with Crippen molar-refractivity contribution in [2.75, 3.05) is 0 Å². The predicted octanol–water partition coefficient (Wildman–Crippen LogP) is 0.957. The second-order valence-electron chi connectivity index (χ2n) is 10.3. The topological polar surface area (TPSA) is 179 Å². The van der Waals surface area contributed by atoms with E-state index in [9.17, 15) is 24.3 Å². The highest BCUT2D eigenvalue weighted by atomic mass is 16.4. The summed E-state index contributed by atoms with van der Waals surface area (Å²) >= 11 is 0. The summed E-state index contributed by atoms with van der Waals surface area (Å²) in [6.45, 7) is 11.4. The Labute approximate surface area is 207 Å². The number of carboxylic acid groups (broad SMARTS) is 1. The fourth-order valence-electron chi connectivity index (χ4n) is 3.65. The zero-order valence-electron chi connectivity index (χ0n) is 21.6. The Balaban J connectivity index is 2.94. The lowest BCUT2D eigenvalue weighted by Crippen LogP contribution is -2.57. The number of nitrogens with one attached hydrogen (secondary N) is 4. The van der Waals surface area contributed by atoms with Crippen molar-refractivity contribution in [3.05, 3.63) is 18.2 Å². The van der Waals surface area contributed by atoms with E-state index in [1.807, 2.05) is 41.5 Å². The van der Waals surface area contributed by atoms with Gasteiger partial charge in [0.1, 0.15) is 18.1 Å². The highest BCUT2D eigenvalue weighted by Crippen LogP contribution is 2.11. The van der Waals surface area contributed by atoms with E-state index in [-0.39, 0.29) is 30.6 Å². The molecule has 11 nitrogen and oxygen atoms in total. The normalized spacial score (nSPS) is 14.9. The van der Waals surface area contributed by atoms with Gasteiger partial charge in [0.25, 0.3) is 0 Å². The van der Waals surface area contributed by atoms with Crippen LogP contribution in [0, 0.1) is 17.8 Å². The van der Waals surface area contributed by atoms with Crippen LogP contribution in [0.15, 0.2) is 12.5 Å². The highest BCUT2D eigenvalue weighted by molar-refractivity contribution is 5.94. The average molecular weight is 495 g/mol. The smallest absolute Gasteiger partial charge is 0.326 e. The number of aromatic nitrogens is 2. The van der Waals surface area contributed by atoms with Crippen LogP contribution < -0.4 is 21.7 Å². The Morgan fingerprint density at radius 3 is 1.66 bits per heavy atom. The van der Waals surface area contributed by atoms with Crippen molar-refractivity contribution in [1.29, 1.82) is 0 Å². The van der Waals surface area contributed by atoms with Crippen molar-refractivity contribution in [3.63, 3.8) is 0 Å². The van der Waals surface area contributed by atoms with E-state index in [0.717, 1.165) is 0 Å². The number of H-pyrrole nitrogens is 1. The first kappa shape index (κ1) is 30.1. The molecule has 1 aromatic heterocycles. The molecule has 1 rings (SSSR count). The molecule has 0 bridgehead atoms. The quantitative estimate of drug-likeness (QED) is 0.210. The minimum absolute atomic E-state index is 0.0559. The van der Waals surface area contributed by atoms with Gasteiger partial charge in [0, 0.05) is 18.3 Å². The Hall–Kier alpha value is -2.95. The third-order valence-electron chi connectivity index (χ3n) is 5.33. The van der Waals surface area contributed by atoms with Gasteiger partial charge in [0.15, 0.2) is 0 Å². The predicted molar refractivity (Wildman–Crippen MR) is 132 cm³/mol. The van der Waals surface area contributed by atoms with Gasteiger partial charge in [0.2, 0.25) is 17.7 Å². The van der Waals surface area contributed by atoms with Crippen LogP contribution in [0.3, 0.4) is 0 Å². The highest BCUT2D eigenvalue weighted by Gasteiger charge is 2.31. The molecule has 0 aromatic carbocycles. The molecule has 198 valence electrons. The molecule has 35 heavy (non-hydrogen) atoms. The molecule has 0 aliphatic heterocycles. The largest absolute Gasteiger partial charge is 0.480 e. The maximum atomic E-state index is 13.2. The number of aliphatic carboxylic acids is 1. The molecule has 11 heteroatoms. The van der Waals surface area contributed by atoms with E-state index in [1.165, 1.54) is 6.33 Å². The van der Waals surface area contributed by atoms with Crippen LogP contribution in [0.4, 0.5) is 0 Å². The van der Waals surface area contributed by atoms with E-state index < -0.39 is 47.9 Å². The van der Waals surface area contributed by atoms with Crippen molar-refractivity contribution in [1.82, 2.24) is 25.9 Å². The summed E-state index contributed by atoms with van der Waals surface area (Å²) in [6, 6.07) is -3.79. The molecule has 0 saturated carbocycles. The molecule has 0 fully saturated rings. The van der Waals surface area contributed by atoms with E-state index in [2.05, 4.69) is 25.9 Å². The fraction of sp³-hybridized carbons (Fsp3) is 0.708. The SMILES string of the molecule is CC(C)CC(NC(=O)C(CC(C)C)NC(=O)C(CC(C)C)NC(=O)C(N)Cc1cnc[nH]1)C(=O)O. The molecule has 0 radical (unpaired) electrons. The van der Waals surface area contributed by atoms with Crippen LogP contribution in [0.5, 0.6) is 0 Å². The van der Waals surface area contributed by atoms with Crippen LogP contribution in [0.2, 0.25) is 0 Å². The van der Waals surface area contributed by atoms with Crippen LogP contribution >= 0.6 is 0 Å². The van der Waals surface area contributed by atoms with Crippen molar-refractivity contribution >= 4 is 23.7 Å². The van der Waals surface area contributed by atoms with Gasteiger partial charge >= 0.3 is 5.97 Å². The lowest BCUT2D eigenvalue weighted by atomic mass is 9.98. The first-order valence-electron chi connectivity index (χ1n) is 12.2. The van der Waals surface area contributed by atoms with E-state index in [0.29, 0.717) is 18.5 Å². The van der Waals surface area contributed by atoms with Gasteiger partial charge in [-0.15, -0.1) is 0 Å². The number of imidazole rings is 1. The summed E-state index contributed by atoms with van der Waals surface area (Å²) < 4.78 is 0. The van der Waals surface area contributed by atoms with Gasteiger partial charge in [-0.05, 0) is 37.0 Å². The maximum absolute atomic E-state index is 13.2. The molecule has 4 atom stereocenters. The molecule has 4 unspecified atom stereocenters. The Kier molecular flexibility index (Phi) is 12.4. The number of rotatable bonds is 15. The molecule has 0 saturated heterocycles. The molecule has 0 spiro atoms. The van der Waals surface area contributed by atoms with Crippen LogP contribution in [-0.4, -0.2) is 62.9 Å². The maximum Gasteiger partial charge on any atom is 0.326 e. The summed E-state index contributed by atoms with van der Waals surface area (Å²) in [7, 11) is 0. The van der Waals surface area contributed by atoms with Crippen LogP contribution in [0.1, 0.15) is 66.5 Å². The lowest BCUT2D eigenvalue weighted by Gasteiger charge is -2.27.